The van der Waals surface area contributed by atoms with Gasteiger partial charge in [-0.05, 0) is 18.4 Å². The van der Waals surface area contributed by atoms with E-state index in [4.69, 9.17) is 10.2 Å². The van der Waals surface area contributed by atoms with E-state index in [0.29, 0.717) is 0 Å². The number of aliphatic hydroxyl groups is 1. The standard InChI is InChI=1S/C13H15NO4/c15-10(11(16)17)8-14-12(18)13(6-7-13)9-4-2-1-3-5-9/h1-5,10,15H,6-8H2,(H,14,18)(H,16,17)/t10-/m0/s1. The molecule has 96 valence electrons. The van der Waals surface area contributed by atoms with Crippen molar-refractivity contribution in [2.75, 3.05) is 6.54 Å². The molecule has 2 rings (SSSR count). The molecule has 1 aromatic rings. The number of rotatable bonds is 5. The summed E-state index contributed by atoms with van der Waals surface area (Å²) in [6.45, 7) is -0.261. The Balaban J connectivity index is 2.00. The average molecular weight is 249 g/mol. The van der Waals surface area contributed by atoms with Crippen LogP contribution in [-0.4, -0.2) is 34.7 Å². The molecule has 18 heavy (non-hydrogen) atoms. The van der Waals surface area contributed by atoms with Gasteiger partial charge in [0.05, 0.1) is 12.0 Å². The largest absolute Gasteiger partial charge is 0.479 e. The molecule has 0 aromatic heterocycles. The number of carboxylic acid groups (broad SMARTS) is 1. The van der Waals surface area contributed by atoms with Gasteiger partial charge < -0.3 is 15.5 Å². The first kappa shape index (κ1) is 12.6. The van der Waals surface area contributed by atoms with Crippen molar-refractivity contribution in [3.8, 4) is 0 Å². The lowest BCUT2D eigenvalue weighted by molar-refractivity contribution is -0.146. The van der Waals surface area contributed by atoms with E-state index in [0.717, 1.165) is 18.4 Å². The normalized spacial score (nSPS) is 17.8. The van der Waals surface area contributed by atoms with Gasteiger partial charge in [0.1, 0.15) is 0 Å². The summed E-state index contributed by atoms with van der Waals surface area (Å²) < 4.78 is 0. The third-order valence-electron chi connectivity index (χ3n) is 3.25. The van der Waals surface area contributed by atoms with Crippen LogP contribution in [-0.2, 0) is 15.0 Å². The average Bonchev–Trinajstić information content (AvgIpc) is 3.18. The maximum absolute atomic E-state index is 12.0. The van der Waals surface area contributed by atoms with Crippen LogP contribution < -0.4 is 5.32 Å². The number of nitrogens with one attached hydrogen (secondary N) is 1. The van der Waals surface area contributed by atoms with Gasteiger partial charge in [-0.25, -0.2) is 4.79 Å². The fraction of sp³-hybridized carbons (Fsp3) is 0.385. The molecule has 3 N–H and O–H groups in total. The first-order chi connectivity index (χ1) is 8.56. The third kappa shape index (κ3) is 2.36. The zero-order valence-corrected chi connectivity index (χ0v) is 9.80. The lowest BCUT2D eigenvalue weighted by Crippen LogP contribution is -2.41. The zero-order valence-electron chi connectivity index (χ0n) is 9.80. The molecule has 0 unspecified atom stereocenters. The summed E-state index contributed by atoms with van der Waals surface area (Å²) >= 11 is 0. The smallest absolute Gasteiger partial charge is 0.334 e. The lowest BCUT2D eigenvalue weighted by atomic mass is 9.95. The van der Waals surface area contributed by atoms with Gasteiger partial charge in [-0.3, -0.25) is 4.79 Å². The zero-order chi connectivity index (χ0) is 13.2. The van der Waals surface area contributed by atoms with Crippen molar-refractivity contribution in [2.24, 2.45) is 0 Å². The van der Waals surface area contributed by atoms with Crippen LogP contribution in [0.1, 0.15) is 18.4 Å². The summed E-state index contributed by atoms with van der Waals surface area (Å²) in [6, 6.07) is 9.40. The topological polar surface area (TPSA) is 86.6 Å². The maximum Gasteiger partial charge on any atom is 0.334 e. The number of carbonyl (C=O) groups is 2. The molecule has 0 bridgehead atoms. The number of aliphatic hydroxyl groups excluding tert-OH is 1. The van der Waals surface area contributed by atoms with Crippen LogP contribution >= 0.6 is 0 Å². The van der Waals surface area contributed by atoms with Crippen molar-refractivity contribution in [1.29, 1.82) is 0 Å². The summed E-state index contributed by atoms with van der Waals surface area (Å²) in [7, 11) is 0. The van der Waals surface area contributed by atoms with E-state index in [1.54, 1.807) is 0 Å². The summed E-state index contributed by atoms with van der Waals surface area (Å²) in [5.41, 5.74) is 0.409. The number of hydrogen-bond donors (Lipinski definition) is 3. The Morgan fingerprint density at radius 3 is 2.39 bits per heavy atom. The molecule has 1 atom stereocenters. The second-order valence-corrected chi connectivity index (χ2v) is 4.51. The predicted molar refractivity (Wildman–Crippen MR) is 64.0 cm³/mol. The van der Waals surface area contributed by atoms with Crippen LogP contribution in [0.3, 0.4) is 0 Å². The van der Waals surface area contributed by atoms with Crippen molar-refractivity contribution < 1.29 is 19.8 Å². The molecular formula is C13H15NO4. The van der Waals surface area contributed by atoms with Gasteiger partial charge in [-0.1, -0.05) is 30.3 Å². The Morgan fingerprint density at radius 1 is 1.28 bits per heavy atom. The van der Waals surface area contributed by atoms with Crippen LogP contribution in [0.2, 0.25) is 0 Å². The molecule has 5 nitrogen and oxygen atoms in total. The van der Waals surface area contributed by atoms with Crippen LogP contribution in [0.4, 0.5) is 0 Å². The van der Waals surface area contributed by atoms with Crippen LogP contribution in [0.15, 0.2) is 30.3 Å². The quantitative estimate of drug-likeness (QED) is 0.699. The van der Waals surface area contributed by atoms with Crippen molar-refractivity contribution in [3.63, 3.8) is 0 Å². The van der Waals surface area contributed by atoms with E-state index < -0.39 is 17.5 Å². The van der Waals surface area contributed by atoms with Crippen molar-refractivity contribution in [3.05, 3.63) is 35.9 Å². The van der Waals surface area contributed by atoms with Crippen molar-refractivity contribution in [2.45, 2.75) is 24.4 Å². The van der Waals surface area contributed by atoms with E-state index in [2.05, 4.69) is 5.32 Å². The monoisotopic (exact) mass is 249 g/mol. The van der Waals surface area contributed by atoms with E-state index in [-0.39, 0.29) is 12.5 Å². The van der Waals surface area contributed by atoms with Crippen LogP contribution in [0.25, 0.3) is 0 Å². The Morgan fingerprint density at radius 2 is 1.89 bits per heavy atom. The summed E-state index contributed by atoms with van der Waals surface area (Å²) in [4.78, 5) is 22.5. The number of hydrogen-bond acceptors (Lipinski definition) is 3. The molecule has 5 heteroatoms. The highest BCUT2D eigenvalue weighted by Gasteiger charge is 2.51. The Hall–Kier alpha value is -1.88. The van der Waals surface area contributed by atoms with Gasteiger partial charge in [0.15, 0.2) is 6.10 Å². The molecule has 1 fully saturated rings. The molecule has 1 aliphatic rings. The molecular weight excluding hydrogens is 234 g/mol. The molecule has 1 saturated carbocycles. The van der Waals surface area contributed by atoms with Gasteiger partial charge >= 0.3 is 5.97 Å². The van der Waals surface area contributed by atoms with Crippen LogP contribution in [0, 0.1) is 0 Å². The fourth-order valence-corrected chi connectivity index (χ4v) is 1.97. The fourth-order valence-electron chi connectivity index (χ4n) is 1.97. The van der Waals surface area contributed by atoms with E-state index in [9.17, 15) is 9.59 Å². The minimum Gasteiger partial charge on any atom is -0.479 e. The first-order valence-electron chi connectivity index (χ1n) is 5.81. The Bertz CT molecular complexity index is 453. The van der Waals surface area contributed by atoms with Gasteiger partial charge in [0.2, 0.25) is 5.91 Å². The molecule has 1 aliphatic carbocycles. The second kappa shape index (κ2) is 4.78. The Kier molecular flexibility index (Phi) is 3.34. The number of aliphatic carboxylic acids is 1. The molecule has 1 amide bonds. The van der Waals surface area contributed by atoms with E-state index in [1.165, 1.54) is 0 Å². The molecule has 0 heterocycles. The van der Waals surface area contributed by atoms with Gasteiger partial charge in [0.25, 0.3) is 0 Å². The summed E-state index contributed by atoms with van der Waals surface area (Å²) in [6.07, 6.45) is -0.0431. The minimum absolute atomic E-state index is 0.214. The maximum atomic E-state index is 12.0. The molecule has 0 aliphatic heterocycles. The number of amides is 1. The van der Waals surface area contributed by atoms with E-state index in [1.807, 2.05) is 30.3 Å². The molecule has 0 spiro atoms. The Labute approximate surface area is 104 Å². The van der Waals surface area contributed by atoms with Gasteiger partial charge in [-0.2, -0.15) is 0 Å². The summed E-state index contributed by atoms with van der Waals surface area (Å²) in [5.74, 6) is -1.55. The highest BCUT2D eigenvalue weighted by atomic mass is 16.4. The molecule has 1 aromatic carbocycles. The number of carboxylic acids is 1. The third-order valence-corrected chi connectivity index (χ3v) is 3.25. The van der Waals surface area contributed by atoms with E-state index >= 15 is 0 Å². The van der Waals surface area contributed by atoms with Gasteiger partial charge in [0, 0.05) is 0 Å². The number of benzene rings is 1. The lowest BCUT2D eigenvalue weighted by Gasteiger charge is -2.16. The SMILES string of the molecule is O=C(O)[C@@H](O)CNC(=O)C1(c2ccccc2)CC1. The van der Waals surface area contributed by atoms with Crippen molar-refractivity contribution in [1.82, 2.24) is 5.32 Å². The highest BCUT2D eigenvalue weighted by Crippen LogP contribution is 2.48. The second-order valence-electron chi connectivity index (χ2n) is 4.51. The minimum atomic E-state index is -1.56. The molecule has 0 saturated heterocycles. The van der Waals surface area contributed by atoms with Crippen molar-refractivity contribution >= 4 is 11.9 Å². The number of carbonyl (C=O) groups excluding carboxylic acids is 1. The summed E-state index contributed by atoms with van der Waals surface area (Å²) in [5, 5.41) is 20.1. The van der Waals surface area contributed by atoms with Crippen LogP contribution in [0.5, 0.6) is 0 Å². The highest BCUT2D eigenvalue weighted by molar-refractivity contribution is 5.91. The molecule has 0 radical (unpaired) electrons. The predicted octanol–water partition coefficient (Wildman–Crippen LogP) is 0.280. The van der Waals surface area contributed by atoms with Gasteiger partial charge in [-0.15, -0.1) is 0 Å². The first-order valence-corrected chi connectivity index (χ1v) is 5.81.